The number of nitrogens with zero attached hydrogens (tertiary/aromatic N) is 4. The summed E-state index contributed by atoms with van der Waals surface area (Å²) in [5.41, 5.74) is 2.28. The van der Waals surface area contributed by atoms with E-state index in [1.54, 1.807) is 19.1 Å². The molecule has 0 saturated carbocycles. The molecule has 3 heterocycles. The number of anilines is 2. The van der Waals surface area contributed by atoms with Gasteiger partial charge in [-0.3, -0.25) is 14.1 Å². The zero-order valence-corrected chi connectivity index (χ0v) is 24.4. The number of hydrogen-bond donors (Lipinski definition) is 2. The molecule has 2 saturated heterocycles. The zero-order valence-electron chi connectivity index (χ0n) is 23.6. The first-order valence-corrected chi connectivity index (χ1v) is 15.7. The van der Waals surface area contributed by atoms with Gasteiger partial charge in [0.25, 0.3) is 5.56 Å². The van der Waals surface area contributed by atoms with Crippen molar-refractivity contribution >= 4 is 32.5 Å². The van der Waals surface area contributed by atoms with E-state index in [1.807, 2.05) is 24.3 Å². The van der Waals surface area contributed by atoms with Crippen LogP contribution in [0.5, 0.6) is 11.5 Å². The van der Waals surface area contributed by atoms with E-state index >= 15 is 4.39 Å². The molecule has 0 spiro atoms. The second-order valence-electron chi connectivity index (χ2n) is 10.6. The lowest BCUT2D eigenvalue weighted by atomic mass is 10.1. The molecule has 1 atom stereocenters. The summed E-state index contributed by atoms with van der Waals surface area (Å²) < 4.78 is 65.4. The molecule has 2 aliphatic rings. The van der Waals surface area contributed by atoms with Gasteiger partial charge in [-0.15, -0.1) is 0 Å². The van der Waals surface area contributed by atoms with E-state index < -0.39 is 22.2 Å². The predicted octanol–water partition coefficient (Wildman–Crippen LogP) is 3.99. The number of nitrogens with one attached hydrogen (secondary N) is 2. The molecule has 1 aromatic heterocycles. The fourth-order valence-corrected chi connectivity index (χ4v) is 6.78. The molecule has 1 unspecified atom stereocenters. The smallest absolute Gasteiger partial charge is 0.301 e. The highest BCUT2D eigenvalue weighted by Gasteiger charge is 2.32. The molecule has 0 amide bonds. The van der Waals surface area contributed by atoms with Crippen molar-refractivity contribution in [2.75, 3.05) is 48.9 Å². The fourth-order valence-electron chi connectivity index (χ4n) is 5.48. The van der Waals surface area contributed by atoms with E-state index in [9.17, 15) is 17.6 Å². The van der Waals surface area contributed by atoms with Crippen LogP contribution in [0.1, 0.15) is 18.9 Å². The first-order valence-electron chi connectivity index (χ1n) is 14.2. The standard InChI is InChI=1S/C30H32F2N6O4S/c1-2-24-28(35-43(40,41)37-14-11-20(31)18-37)10-8-26(32)29(24)42-23-7-9-27-25(17-23)30(39)38(19-34-27)22-5-3-21(4-6-22)36-15-12-33-13-16-36/h3-10,17,19-20,33,35H,2,11-16,18H2,1H3. The predicted molar refractivity (Wildman–Crippen MR) is 162 cm³/mol. The van der Waals surface area contributed by atoms with E-state index in [0.29, 0.717) is 11.2 Å². The molecule has 0 aliphatic carbocycles. The molecule has 4 aromatic rings. The van der Waals surface area contributed by atoms with E-state index in [4.69, 9.17) is 4.74 Å². The van der Waals surface area contributed by atoms with Crippen molar-refractivity contribution in [2.24, 2.45) is 0 Å². The SMILES string of the molecule is CCc1c(NS(=O)(=O)N2CCC(F)C2)ccc(F)c1Oc1ccc2ncn(-c3ccc(N4CCNCC4)cc3)c(=O)c2c1. The van der Waals surface area contributed by atoms with Gasteiger partial charge in [0.2, 0.25) is 0 Å². The van der Waals surface area contributed by atoms with Crippen molar-refractivity contribution in [3.63, 3.8) is 0 Å². The number of fused-ring (bicyclic) bond motifs is 1. The van der Waals surface area contributed by atoms with Crippen LogP contribution < -0.4 is 25.2 Å². The Morgan fingerprint density at radius 3 is 2.49 bits per heavy atom. The molecule has 6 rings (SSSR count). The molecule has 10 nitrogen and oxygen atoms in total. The van der Waals surface area contributed by atoms with Crippen LogP contribution in [0, 0.1) is 5.82 Å². The summed E-state index contributed by atoms with van der Waals surface area (Å²) in [5.74, 6) is -0.677. The minimum absolute atomic E-state index is 0.0610. The molecule has 0 radical (unpaired) electrons. The van der Waals surface area contributed by atoms with Gasteiger partial charge in [0.05, 0.1) is 22.3 Å². The summed E-state index contributed by atoms with van der Waals surface area (Å²) in [5, 5.41) is 3.61. The minimum Gasteiger partial charge on any atom is -0.454 e. The average molecular weight is 611 g/mol. The summed E-state index contributed by atoms with van der Waals surface area (Å²) >= 11 is 0. The van der Waals surface area contributed by atoms with E-state index in [-0.39, 0.29) is 59.6 Å². The number of benzene rings is 3. The van der Waals surface area contributed by atoms with E-state index in [0.717, 1.165) is 42.2 Å². The van der Waals surface area contributed by atoms with Crippen molar-refractivity contribution in [3.05, 3.63) is 82.7 Å². The van der Waals surface area contributed by atoms with Gasteiger partial charge in [0.1, 0.15) is 18.2 Å². The van der Waals surface area contributed by atoms with E-state index in [1.165, 1.54) is 23.0 Å². The second kappa shape index (κ2) is 11.9. The number of alkyl halides is 1. The quantitative estimate of drug-likeness (QED) is 0.311. The van der Waals surface area contributed by atoms with Gasteiger partial charge in [-0.1, -0.05) is 6.92 Å². The van der Waals surface area contributed by atoms with Crippen LogP contribution in [0.15, 0.2) is 65.7 Å². The summed E-state index contributed by atoms with van der Waals surface area (Å²) in [6.07, 6.45) is 0.612. The summed E-state index contributed by atoms with van der Waals surface area (Å²) in [7, 11) is -4.05. The summed E-state index contributed by atoms with van der Waals surface area (Å²) in [6.45, 7) is 5.23. The Labute approximate surface area is 248 Å². The molecular weight excluding hydrogens is 578 g/mol. The maximum absolute atomic E-state index is 15.1. The first kappa shape index (κ1) is 29.0. The molecular formula is C30H32F2N6O4S. The molecule has 2 fully saturated rings. The lowest BCUT2D eigenvalue weighted by molar-refractivity contribution is 0.343. The molecule has 2 aliphatic heterocycles. The Hall–Kier alpha value is -4.07. The molecule has 3 aromatic carbocycles. The minimum atomic E-state index is -4.05. The normalized spacial score (nSPS) is 17.8. The Kier molecular flexibility index (Phi) is 8.03. The topological polar surface area (TPSA) is 109 Å². The van der Waals surface area contributed by atoms with Gasteiger partial charge in [-0.05, 0) is 67.4 Å². The third-order valence-electron chi connectivity index (χ3n) is 7.80. The molecule has 43 heavy (non-hydrogen) atoms. The monoisotopic (exact) mass is 610 g/mol. The summed E-state index contributed by atoms with van der Waals surface area (Å²) in [4.78, 5) is 20.2. The Balaban J connectivity index is 1.29. The largest absolute Gasteiger partial charge is 0.454 e. The van der Waals surface area contributed by atoms with Crippen molar-refractivity contribution in [2.45, 2.75) is 25.9 Å². The van der Waals surface area contributed by atoms with Gasteiger partial charge in [0.15, 0.2) is 11.6 Å². The van der Waals surface area contributed by atoms with E-state index in [2.05, 4.69) is 19.9 Å². The van der Waals surface area contributed by atoms with Crippen LogP contribution >= 0.6 is 0 Å². The molecule has 0 bridgehead atoms. The van der Waals surface area contributed by atoms with Crippen molar-refractivity contribution in [3.8, 4) is 17.2 Å². The van der Waals surface area contributed by atoms with Crippen molar-refractivity contribution in [1.29, 1.82) is 0 Å². The molecule has 226 valence electrons. The maximum Gasteiger partial charge on any atom is 0.301 e. The van der Waals surface area contributed by atoms with Crippen LogP contribution in [-0.2, 0) is 16.6 Å². The number of ether oxygens (including phenoxy) is 1. The Morgan fingerprint density at radius 1 is 1.05 bits per heavy atom. The van der Waals surface area contributed by atoms with Crippen LogP contribution in [0.2, 0.25) is 0 Å². The highest BCUT2D eigenvalue weighted by Crippen LogP contribution is 2.35. The van der Waals surface area contributed by atoms with Gasteiger partial charge < -0.3 is 15.0 Å². The van der Waals surface area contributed by atoms with Crippen LogP contribution in [-0.4, -0.2) is 67.7 Å². The third-order valence-corrected chi connectivity index (χ3v) is 9.29. The Morgan fingerprint density at radius 2 is 1.79 bits per heavy atom. The summed E-state index contributed by atoms with van der Waals surface area (Å²) in [6, 6.07) is 14.8. The van der Waals surface area contributed by atoms with Crippen molar-refractivity contribution in [1.82, 2.24) is 19.2 Å². The fraction of sp³-hybridized carbons (Fsp3) is 0.333. The lowest BCUT2D eigenvalue weighted by Crippen LogP contribution is -2.43. The number of rotatable bonds is 8. The molecule has 13 heteroatoms. The highest BCUT2D eigenvalue weighted by atomic mass is 32.2. The highest BCUT2D eigenvalue weighted by molar-refractivity contribution is 7.90. The molecule has 2 N–H and O–H groups in total. The first-order chi connectivity index (χ1) is 20.7. The number of aromatic nitrogens is 2. The zero-order chi connectivity index (χ0) is 30.1. The lowest BCUT2D eigenvalue weighted by Gasteiger charge is -2.29. The van der Waals surface area contributed by atoms with Crippen LogP contribution in [0.25, 0.3) is 16.6 Å². The maximum atomic E-state index is 15.1. The average Bonchev–Trinajstić information content (AvgIpc) is 3.47. The van der Waals surface area contributed by atoms with Gasteiger partial charge >= 0.3 is 10.2 Å². The number of halogens is 2. The van der Waals surface area contributed by atoms with Gasteiger partial charge in [-0.25, -0.2) is 13.8 Å². The second-order valence-corrected chi connectivity index (χ2v) is 12.2. The van der Waals surface area contributed by atoms with Gasteiger partial charge in [-0.2, -0.15) is 12.7 Å². The van der Waals surface area contributed by atoms with Crippen molar-refractivity contribution < 1.29 is 21.9 Å². The number of piperazine rings is 1. The van der Waals surface area contributed by atoms with Crippen LogP contribution in [0.4, 0.5) is 20.2 Å². The Bertz CT molecular complexity index is 1810. The number of hydrogen-bond acceptors (Lipinski definition) is 7. The van der Waals surface area contributed by atoms with Gasteiger partial charge in [0, 0.05) is 50.5 Å². The third kappa shape index (κ3) is 5.92. The van der Waals surface area contributed by atoms with Crippen LogP contribution in [0.3, 0.4) is 0 Å².